The van der Waals surface area contributed by atoms with Crippen molar-refractivity contribution >= 4 is 15.9 Å². The van der Waals surface area contributed by atoms with Crippen LogP contribution in [-0.2, 0) is 25.9 Å². The van der Waals surface area contributed by atoms with Gasteiger partial charge in [0.1, 0.15) is 0 Å². The van der Waals surface area contributed by atoms with Crippen molar-refractivity contribution in [2.75, 3.05) is 6.54 Å². The first kappa shape index (κ1) is 16.2. The number of rotatable bonds is 7. The molecule has 0 aliphatic carbocycles. The molecule has 0 radical (unpaired) electrons. The normalized spacial score (nSPS) is 11.0. The summed E-state index contributed by atoms with van der Waals surface area (Å²) in [6.07, 6.45) is 1.99. The first-order valence-electron chi connectivity index (χ1n) is 7.72. The minimum absolute atomic E-state index is 0.823. The van der Waals surface area contributed by atoms with Crippen LogP contribution in [0.1, 0.15) is 43.3 Å². The highest BCUT2D eigenvalue weighted by Gasteiger charge is 2.15. The second kappa shape index (κ2) is 7.76. The van der Waals surface area contributed by atoms with Crippen LogP contribution >= 0.6 is 15.9 Å². The molecule has 0 fully saturated rings. The lowest BCUT2D eigenvalue weighted by atomic mass is 10.1. The van der Waals surface area contributed by atoms with Gasteiger partial charge in [0.05, 0.1) is 12.2 Å². The Bertz CT molecular complexity index is 590. The number of hydrogen-bond acceptors (Lipinski definition) is 2. The highest BCUT2D eigenvalue weighted by Crippen LogP contribution is 2.21. The number of nitrogens with zero attached hydrogens (tertiary/aromatic N) is 2. The van der Waals surface area contributed by atoms with Crippen LogP contribution < -0.4 is 5.32 Å². The smallest absolute Gasteiger partial charge is 0.0673 e. The monoisotopic (exact) mass is 349 g/mol. The zero-order valence-corrected chi connectivity index (χ0v) is 14.7. The molecule has 2 rings (SSSR count). The summed E-state index contributed by atoms with van der Waals surface area (Å²) in [5, 5.41) is 8.28. The molecule has 0 aliphatic rings. The van der Waals surface area contributed by atoms with E-state index in [-0.39, 0.29) is 0 Å². The molecule has 1 heterocycles. The van der Waals surface area contributed by atoms with Crippen molar-refractivity contribution in [2.24, 2.45) is 0 Å². The minimum Gasteiger partial charge on any atom is -0.313 e. The van der Waals surface area contributed by atoms with Crippen molar-refractivity contribution in [2.45, 2.75) is 46.7 Å². The third-order valence-corrected chi connectivity index (χ3v) is 4.52. The van der Waals surface area contributed by atoms with Crippen LogP contribution in [0.4, 0.5) is 0 Å². The van der Waals surface area contributed by atoms with Crippen LogP contribution in [-0.4, -0.2) is 16.3 Å². The fourth-order valence-corrected chi connectivity index (χ4v) is 3.05. The summed E-state index contributed by atoms with van der Waals surface area (Å²) >= 11 is 3.63. The lowest BCUT2D eigenvalue weighted by molar-refractivity contribution is 0.635. The van der Waals surface area contributed by atoms with E-state index in [1.807, 2.05) is 6.07 Å². The summed E-state index contributed by atoms with van der Waals surface area (Å²) in [5.41, 5.74) is 5.23. The molecular formula is C17H24BrN3. The van der Waals surface area contributed by atoms with E-state index >= 15 is 0 Å². The summed E-state index contributed by atoms with van der Waals surface area (Å²) in [7, 11) is 0. The van der Waals surface area contributed by atoms with E-state index in [4.69, 9.17) is 5.10 Å². The molecule has 0 saturated carbocycles. The maximum absolute atomic E-state index is 4.84. The Kier molecular flexibility index (Phi) is 6.00. The van der Waals surface area contributed by atoms with Gasteiger partial charge < -0.3 is 5.32 Å². The Morgan fingerprint density at radius 2 is 1.90 bits per heavy atom. The van der Waals surface area contributed by atoms with Crippen LogP contribution in [0.5, 0.6) is 0 Å². The quantitative estimate of drug-likeness (QED) is 0.820. The molecule has 21 heavy (non-hydrogen) atoms. The molecule has 0 unspecified atom stereocenters. The summed E-state index contributed by atoms with van der Waals surface area (Å²) in [6, 6.07) is 8.37. The Balaban J connectivity index is 2.35. The number of aryl methyl sites for hydroxylation is 1. The SMILES string of the molecule is CCNCc1c(CC)nn(Cc2ccccc2Br)c1CC. The summed E-state index contributed by atoms with van der Waals surface area (Å²) in [5.74, 6) is 0. The third kappa shape index (κ3) is 3.74. The average Bonchev–Trinajstić information content (AvgIpc) is 2.84. The molecule has 3 nitrogen and oxygen atoms in total. The van der Waals surface area contributed by atoms with Gasteiger partial charge in [0.2, 0.25) is 0 Å². The fourth-order valence-electron chi connectivity index (χ4n) is 2.64. The molecule has 0 spiro atoms. The number of benzene rings is 1. The second-order valence-corrected chi connectivity index (χ2v) is 5.96. The zero-order valence-electron chi connectivity index (χ0n) is 13.1. The second-order valence-electron chi connectivity index (χ2n) is 5.11. The summed E-state index contributed by atoms with van der Waals surface area (Å²) in [4.78, 5) is 0. The predicted molar refractivity (Wildman–Crippen MR) is 91.6 cm³/mol. The molecule has 0 saturated heterocycles. The van der Waals surface area contributed by atoms with Crippen LogP contribution in [0.25, 0.3) is 0 Å². The van der Waals surface area contributed by atoms with Crippen LogP contribution in [0.15, 0.2) is 28.7 Å². The van der Waals surface area contributed by atoms with Gasteiger partial charge in [-0.15, -0.1) is 0 Å². The number of halogens is 1. The first-order valence-corrected chi connectivity index (χ1v) is 8.52. The lowest BCUT2D eigenvalue weighted by Crippen LogP contribution is -2.14. The highest BCUT2D eigenvalue weighted by atomic mass is 79.9. The van der Waals surface area contributed by atoms with Crippen molar-refractivity contribution in [1.82, 2.24) is 15.1 Å². The average molecular weight is 350 g/mol. The largest absolute Gasteiger partial charge is 0.313 e. The lowest BCUT2D eigenvalue weighted by Gasteiger charge is -2.09. The molecule has 1 aromatic heterocycles. The Morgan fingerprint density at radius 3 is 2.52 bits per heavy atom. The number of nitrogens with one attached hydrogen (secondary N) is 1. The van der Waals surface area contributed by atoms with Gasteiger partial charge in [-0.2, -0.15) is 5.10 Å². The van der Waals surface area contributed by atoms with Gasteiger partial charge in [0.15, 0.2) is 0 Å². The Hall–Kier alpha value is -1.13. The van der Waals surface area contributed by atoms with E-state index < -0.39 is 0 Å². The van der Waals surface area contributed by atoms with E-state index in [0.717, 1.165) is 36.9 Å². The minimum atomic E-state index is 0.823. The molecule has 0 aliphatic heterocycles. The zero-order chi connectivity index (χ0) is 15.2. The third-order valence-electron chi connectivity index (χ3n) is 3.75. The Morgan fingerprint density at radius 1 is 1.14 bits per heavy atom. The summed E-state index contributed by atoms with van der Waals surface area (Å²) in [6.45, 7) is 9.26. The Labute approximate surface area is 135 Å². The first-order chi connectivity index (χ1) is 10.2. The number of hydrogen-bond donors (Lipinski definition) is 1. The van der Waals surface area contributed by atoms with Gasteiger partial charge in [0, 0.05) is 22.3 Å². The molecule has 0 amide bonds. The highest BCUT2D eigenvalue weighted by molar-refractivity contribution is 9.10. The van der Waals surface area contributed by atoms with E-state index in [0.29, 0.717) is 0 Å². The van der Waals surface area contributed by atoms with Gasteiger partial charge in [-0.25, -0.2) is 0 Å². The fraction of sp³-hybridized carbons (Fsp3) is 0.471. The number of aromatic nitrogens is 2. The van der Waals surface area contributed by atoms with Gasteiger partial charge in [-0.05, 0) is 31.0 Å². The van der Waals surface area contributed by atoms with Crippen molar-refractivity contribution in [1.29, 1.82) is 0 Å². The van der Waals surface area contributed by atoms with Crippen LogP contribution in [0.3, 0.4) is 0 Å². The molecule has 1 N–H and O–H groups in total. The van der Waals surface area contributed by atoms with Crippen molar-refractivity contribution in [3.8, 4) is 0 Å². The molecule has 1 aromatic carbocycles. The molecule has 4 heteroatoms. The van der Waals surface area contributed by atoms with E-state index in [9.17, 15) is 0 Å². The molecule has 0 bridgehead atoms. The van der Waals surface area contributed by atoms with Crippen molar-refractivity contribution < 1.29 is 0 Å². The molecule has 0 atom stereocenters. The van der Waals surface area contributed by atoms with E-state index in [1.54, 1.807) is 0 Å². The standard InChI is InChI=1S/C17H24BrN3/c1-4-16-14(11-19-6-3)17(5-2)21(20-16)12-13-9-7-8-10-15(13)18/h7-10,19H,4-6,11-12H2,1-3H3. The van der Waals surface area contributed by atoms with E-state index in [2.05, 4.69) is 64.9 Å². The van der Waals surface area contributed by atoms with Gasteiger partial charge >= 0.3 is 0 Å². The van der Waals surface area contributed by atoms with Gasteiger partial charge in [-0.3, -0.25) is 4.68 Å². The van der Waals surface area contributed by atoms with Crippen LogP contribution in [0, 0.1) is 0 Å². The summed E-state index contributed by atoms with van der Waals surface area (Å²) < 4.78 is 3.32. The topological polar surface area (TPSA) is 29.9 Å². The van der Waals surface area contributed by atoms with Gasteiger partial charge in [-0.1, -0.05) is 54.9 Å². The predicted octanol–water partition coefficient (Wildman–Crippen LogP) is 3.93. The maximum atomic E-state index is 4.84. The van der Waals surface area contributed by atoms with Gasteiger partial charge in [0.25, 0.3) is 0 Å². The van der Waals surface area contributed by atoms with Crippen molar-refractivity contribution in [3.63, 3.8) is 0 Å². The molecule has 2 aromatic rings. The molecule has 114 valence electrons. The van der Waals surface area contributed by atoms with E-state index in [1.165, 1.54) is 22.5 Å². The molecular weight excluding hydrogens is 326 g/mol. The van der Waals surface area contributed by atoms with Crippen molar-refractivity contribution in [3.05, 3.63) is 51.3 Å². The van der Waals surface area contributed by atoms with Crippen LogP contribution in [0.2, 0.25) is 0 Å². The maximum Gasteiger partial charge on any atom is 0.0673 e.